The molecule has 1 heterocycles. The highest BCUT2D eigenvalue weighted by Gasteiger charge is 2.22. The van der Waals surface area contributed by atoms with E-state index >= 15 is 0 Å². The van der Waals surface area contributed by atoms with Crippen LogP contribution in [0.5, 0.6) is 5.75 Å². The van der Waals surface area contributed by atoms with Crippen LogP contribution in [0.2, 0.25) is 5.02 Å². The third-order valence-electron chi connectivity index (χ3n) is 4.62. The Morgan fingerprint density at radius 2 is 1.92 bits per heavy atom. The zero-order chi connectivity index (χ0) is 18.5. The summed E-state index contributed by atoms with van der Waals surface area (Å²) in [6.45, 7) is 7.78. The minimum Gasteiger partial charge on any atom is -0.497 e. The largest absolute Gasteiger partial charge is 0.497 e. The van der Waals surface area contributed by atoms with Crippen LogP contribution in [0.3, 0.4) is 0 Å². The number of nitrogens with zero attached hydrogens (tertiary/aromatic N) is 2. The van der Waals surface area contributed by atoms with Gasteiger partial charge >= 0.3 is 0 Å². The molecule has 0 radical (unpaired) electrons. The fourth-order valence-corrected chi connectivity index (χ4v) is 3.43. The number of carbonyl (C=O) groups is 1. The monoisotopic (exact) mass is 370 g/mol. The first kappa shape index (κ1) is 18.5. The maximum Gasteiger partial charge on any atom is 0.254 e. The molecule has 1 saturated heterocycles. The van der Waals surface area contributed by atoms with E-state index in [-0.39, 0.29) is 5.91 Å². The molecule has 0 aromatic heterocycles. The molecule has 0 atom stereocenters. The first-order chi connectivity index (χ1) is 12.6. The van der Waals surface area contributed by atoms with Gasteiger partial charge < -0.3 is 9.64 Å². The van der Waals surface area contributed by atoms with Gasteiger partial charge in [-0.2, -0.15) is 0 Å². The lowest BCUT2D eigenvalue weighted by Gasteiger charge is -2.34. The topological polar surface area (TPSA) is 32.8 Å². The van der Waals surface area contributed by atoms with Crippen LogP contribution in [-0.4, -0.2) is 55.5 Å². The summed E-state index contributed by atoms with van der Waals surface area (Å²) in [4.78, 5) is 17.2. The van der Waals surface area contributed by atoms with Crippen LogP contribution in [-0.2, 0) is 0 Å². The number of hydrogen-bond acceptors (Lipinski definition) is 3. The molecule has 0 spiro atoms. The third kappa shape index (κ3) is 4.09. The van der Waals surface area contributed by atoms with Gasteiger partial charge in [-0.05, 0) is 29.8 Å². The molecule has 0 aliphatic carbocycles. The Hall–Kier alpha value is -2.30. The summed E-state index contributed by atoms with van der Waals surface area (Å²) in [7, 11) is 1.61. The molecule has 1 aliphatic rings. The molecule has 3 rings (SSSR count). The Morgan fingerprint density at radius 1 is 1.19 bits per heavy atom. The van der Waals surface area contributed by atoms with Crippen molar-refractivity contribution in [3.8, 4) is 16.9 Å². The number of carbonyl (C=O) groups excluding carboxylic acids is 1. The molecule has 2 aromatic rings. The molecular formula is C21H23ClN2O2. The first-order valence-corrected chi connectivity index (χ1v) is 9.06. The summed E-state index contributed by atoms with van der Waals surface area (Å²) in [5.74, 6) is 0.673. The van der Waals surface area contributed by atoms with E-state index in [9.17, 15) is 4.79 Å². The zero-order valence-electron chi connectivity index (χ0n) is 15.0. The highest BCUT2D eigenvalue weighted by molar-refractivity contribution is 6.33. The molecule has 0 N–H and O–H groups in total. The van der Waals surface area contributed by atoms with E-state index in [1.54, 1.807) is 13.2 Å². The lowest BCUT2D eigenvalue weighted by molar-refractivity contribution is 0.0650. The zero-order valence-corrected chi connectivity index (χ0v) is 15.7. The van der Waals surface area contributed by atoms with Crippen LogP contribution in [0.1, 0.15) is 10.4 Å². The predicted molar refractivity (Wildman–Crippen MR) is 106 cm³/mol. The maximum absolute atomic E-state index is 13.0. The second-order valence-corrected chi connectivity index (χ2v) is 6.72. The number of piperazine rings is 1. The highest BCUT2D eigenvalue weighted by Crippen LogP contribution is 2.31. The van der Waals surface area contributed by atoms with E-state index in [0.29, 0.717) is 29.4 Å². The van der Waals surface area contributed by atoms with Gasteiger partial charge in [0, 0.05) is 48.9 Å². The Balaban J connectivity index is 1.86. The van der Waals surface area contributed by atoms with Crippen LogP contribution in [0.15, 0.2) is 55.1 Å². The lowest BCUT2D eigenvalue weighted by atomic mass is 10.0. The van der Waals surface area contributed by atoms with Crippen molar-refractivity contribution in [1.29, 1.82) is 0 Å². The number of ether oxygens (including phenoxy) is 1. The molecular weight excluding hydrogens is 348 g/mol. The fourth-order valence-electron chi connectivity index (χ4n) is 3.19. The van der Waals surface area contributed by atoms with Crippen molar-refractivity contribution in [3.63, 3.8) is 0 Å². The number of amides is 1. The van der Waals surface area contributed by atoms with Crippen molar-refractivity contribution in [2.45, 2.75) is 0 Å². The quantitative estimate of drug-likeness (QED) is 0.747. The van der Waals surface area contributed by atoms with Crippen molar-refractivity contribution in [2.75, 3.05) is 39.8 Å². The van der Waals surface area contributed by atoms with Crippen molar-refractivity contribution in [2.24, 2.45) is 0 Å². The van der Waals surface area contributed by atoms with E-state index < -0.39 is 0 Å². The number of benzene rings is 2. The van der Waals surface area contributed by atoms with E-state index in [1.807, 2.05) is 47.4 Å². The van der Waals surface area contributed by atoms with Crippen molar-refractivity contribution < 1.29 is 9.53 Å². The predicted octanol–water partition coefficient (Wildman–Crippen LogP) is 3.96. The van der Waals surface area contributed by atoms with Crippen LogP contribution < -0.4 is 4.74 Å². The second kappa shape index (κ2) is 8.39. The second-order valence-electron chi connectivity index (χ2n) is 6.31. The summed E-state index contributed by atoms with van der Waals surface area (Å²) in [6.07, 6.45) is 1.90. The average molecular weight is 371 g/mol. The minimum absolute atomic E-state index is 0.0236. The van der Waals surface area contributed by atoms with E-state index in [0.717, 1.165) is 30.8 Å². The van der Waals surface area contributed by atoms with Gasteiger partial charge in [-0.3, -0.25) is 9.69 Å². The van der Waals surface area contributed by atoms with Crippen molar-refractivity contribution >= 4 is 17.5 Å². The first-order valence-electron chi connectivity index (χ1n) is 8.69. The molecule has 1 fully saturated rings. The molecule has 0 bridgehead atoms. The van der Waals surface area contributed by atoms with Gasteiger partial charge in [0.05, 0.1) is 7.11 Å². The maximum atomic E-state index is 13.0. The van der Waals surface area contributed by atoms with E-state index in [2.05, 4.69) is 11.5 Å². The van der Waals surface area contributed by atoms with Crippen molar-refractivity contribution in [3.05, 3.63) is 65.7 Å². The fraction of sp³-hybridized carbons (Fsp3) is 0.286. The summed E-state index contributed by atoms with van der Waals surface area (Å²) in [5, 5.41) is 0.650. The lowest BCUT2D eigenvalue weighted by Crippen LogP contribution is -2.48. The third-order valence-corrected chi connectivity index (χ3v) is 4.95. The molecule has 5 heteroatoms. The van der Waals surface area contributed by atoms with Crippen LogP contribution in [0.25, 0.3) is 11.1 Å². The SMILES string of the molecule is C=CCN1CCN(C(=O)c2cc(OC)cc(-c3ccccc3Cl)c2)CC1. The molecule has 4 nitrogen and oxygen atoms in total. The van der Waals surface area contributed by atoms with Gasteiger partial charge in [-0.1, -0.05) is 35.9 Å². The molecule has 2 aromatic carbocycles. The minimum atomic E-state index is 0.0236. The van der Waals surface area contributed by atoms with Gasteiger partial charge in [-0.25, -0.2) is 0 Å². The van der Waals surface area contributed by atoms with Gasteiger partial charge in [0.25, 0.3) is 5.91 Å². The Kier molecular flexibility index (Phi) is 5.96. The molecule has 136 valence electrons. The van der Waals surface area contributed by atoms with Crippen LogP contribution in [0.4, 0.5) is 0 Å². The Bertz CT molecular complexity index is 798. The molecule has 1 aliphatic heterocycles. The standard InChI is InChI=1S/C21H23ClN2O2/c1-3-8-23-9-11-24(12-10-23)21(25)17-13-16(14-18(15-17)26-2)19-6-4-5-7-20(19)22/h3-7,13-15H,1,8-12H2,2H3. The molecule has 0 saturated carbocycles. The smallest absolute Gasteiger partial charge is 0.254 e. The van der Waals surface area contributed by atoms with E-state index in [4.69, 9.17) is 16.3 Å². The van der Waals surface area contributed by atoms with Gasteiger partial charge in [0.1, 0.15) is 5.75 Å². The highest BCUT2D eigenvalue weighted by atomic mass is 35.5. The number of halogens is 1. The van der Waals surface area contributed by atoms with Crippen LogP contribution >= 0.6 is 11.6 Å². The van der Waals surface area contributed by atoms with E-state index in [1.165, 1.54) is 0 Å². The van der Waals surface area contributed by atoms with Crippen LogP contribution in [0, 0.1) is 0 Å². The summed E-state index contributed by atoms with van der Waals surface area (Å²) in [5.41, 5.74) is 2.39. The van der Waals surface area contributed by atoms with Gasteiger partial charge in [0.15, 0.2) is 0 Å². The normalized spacial score (nSPS) is 14.9. The number of methoxy groups -OCH3 is 1. The Morgan fingerprint density at radius 3 is 2.58 bits per heavy atom. The Labute approximate surface area is 159 Å². The summed E-state index contributed by atoms with van der Waals surface area (Å²) < 4.78 is 5.41. The van der Waals surface area contributed by atoms with Gasteiger partial charge in [0.2, 0.25) is 0 Å². The summed E-state index contributed by atoms with van der Waals surface area (Å²) >= 11 is 6.33. The molecule has 1 amide bonds. The van der Waals surface area contributed by atoms with Crippen molar-refractivity contribution in [1.82, 2.24) is 9.80 Å². The average Bonchev–Trinajstić information content (AvgIpc) is 2.68. The number of rotatable bonds is 5. The number of hydrogen-bond donors (Lipinski definition) is 0. The molecule has 26 heavy (non-hydrogen) atoms. The summed E-state index contributed by atoms with van der Waals surface area (Å²) in [6, 6.07) is 13.2. The molecule has 0 unspecified atom stereocenters. The van der Waals surface area contributed by atoms with Gasteiger partial charge in [-0.15, -0.1) is 6.58 Å².